The van der Waals surface area contributed by atoms with Crippen molar-refractivity contribution in [2.45, 2.75) is 24.4 Å². The van der Waals surface area contributed by atoms with Crippen molar-refractivity contribution in [2.24, 2.45) is 0 Å². The highest BCUT2D eigenvalue weighted by Crippen LogP contribution is 2.44. The topological polar surface area (TPSA) is 75.6 Å². The molecule has 5 heteroatoms. The molecule has 3 aromatic rings. The normalized spacial score (nSPS) is 19.5. The Bertz CT molecular complexity index is 1090. The van der Waals surface area contributed by atoms with Gasteiger partial charge in [-0.1, -0.05) is 72.8 Å². The van der Waals surface area contributed by atoms with Crippen LogP contribution in [0.3, 0.4) is 0 Å². The van der Waals surface area contributed by atoms with E-state index in [-0.39, 0.29) is 12.5 Å². The van der Waals surface area contributed by atoms with E-state index in [4.69, 9.17) is 4.74 Å². The number of benzene rings is 3. The standard InChI is InChI=1S/C25H21NO4/c27-24(28)23-16-8-2-1-7-15(16)13-22(26-23)25(29)30-14-21-19-11-5-3-9-17(19)18-10-4-6-12-20(18)21/h1-12,21-23,26H,13-14H2,(H,27,28)/t22-,23-/m0/s1. The van der Waals surface area contributed by atoms with Crippen molar-refractivity contribution in [1.29, 1.82) is 0 Å². The summed E-state index contributed by atoms with van der Waals surface area (Å²) in [5.74, 6) is -1.44. The first kappa shape index (κ1) is 18.6. The first-order valence-corrected chi connectivity index (χ1v) is 10.0. The molecule has 5 rings (SSSR count). The molecule has 0 bridgehead atoms. The molecule has 0 saturated carbocycles. The van der Waals surface area contributed by atoms with E-state index in [1.165, 1.54) is 11.1 Å². The van der Waals surface area contributed by atoms with Gasteiger partial charge in [-0.05, 0) is 39.8 Å². The lowest BCUT2D eigenvalue weighted by Crippen LogP contribution is -2.48. The molecule has 2 aliphatic rings. The van der Waals surface area contributed by atoms with Crippen LogP contribution in [0.25, 0.3) is 11.1 Å². The first-order valence-electron chi connectivity index (χ1n) is 10.0. The van der Waals surface area contributed by atoms with E-state index in [2.05, 4.69) is 29.6 Å². The Kier molecular flexibility index (Phi) is 4.60. The lowest BCUT2D eigenvalue weighted by Gasteiger charge is -2.30. The second kappa shape index (κ2) is 7.43. The van der Waals surface area contributed by atoms with Crippen LogP contribution in [-0.4, -0.2) is 29.7 Å². The van der Waals surface area contributed by atoms with E-state index >= 15 is 0 Å². The fourth-order valence-electron chi connectivity index (χ4n) is 4.63. The molecule has 30 heavy (non-hydrogen) atoms. The van der Waals surface area contributed by atoms with Crippen molar-refractivity contribution in [2.75, 3.05) is 6.61 Å². The largest absolute Gasteiger partial charge is 0.480 e. The summed E-state index contributed by atoms with van der Waals surface area (Å²) in [6.45, 7) is 0.227. The Labute approximate surface area is 174 Å². The monoisotopic (exact) mass is 399 g/mol. The zero-order chi connectivity index (χ0) is 20.7. The maximum absolute atomic E-state index is 12.9. The van der Waals surface area contributed by atoms with Crippen molar-refractivity contribution in [3.8, 4) is 11.1 Å². The summed E-state index contributed by atoms with van der Waals surface area (Å²) in [5.41, 5.74) is 6.21. The minimum Gasteiger partial charge on any atom is -0.480 e. The van der Waals surface area contributed by atoms with Crippen LogP contribution in [0.2, 0.25) is 0 Å². The van der Waals surface area contributed by atoms with Gasteiger partial charge in [0.1, 0.15) is 18.7 Å². The maximum Gasteiger partial charge on any atom is 0.325 e. The lowest BCUT2D eigenvalue weighted by molar-refractivity contribution is -0.148. The van der Waals surface area contributed by atoms with E-state index < -0.39 is 24.0 Å². The predicted octanol–water partition coefficient (Wildman–Crippen LogP) is 3.68. The van der Waals surface area contributed by atoms with Crippen LogP contribution in [-0.2, 0) is 20.7 Å². The molecule has 0 aromatic heterocycles. The number of ether oxygens (including phenoxy) is 1. The van der Waals surface area contributed by atoms with E-state index in [1.54, 1.807) is 6.07 Å². The summed E-state index contributed by atoms with van der Waals surface area (Å²) in [5, 5.41) is 12.5. The minimum atomic E-state index is -1.00. The fourth-order valence-corrected chi connectivity index (χ4v) is 4.63. The number of esters is 1. The van der Waals surface area contributed by atoms with Crippen LogP contribution in [0, 0.1) is 0 Å². The summed E-state index contributed by atoms with van der Waals surface area (Å²) in [4.78, 5) is 24.6. The Balaban J connectivity index is 1.35. The predicted molar refractivity (Wildman–Crippen MR) is 112 cm³/mol. The van der Waals surface area contributed by atoms with Crippen LogP contribution < -0.4 is 5.32 Å². The van der Waals surface area contributed by atoms with E-state index in [0.29, 0.717) is 12.0 Å². The van der Waals surface area contributed by atoms with E-state index in [9.17, 15) is 14.7 Å². The molecular weight excluding hydrogens is 378 g/mol. The molecule has 0 spiro atoms. The number of carboxylic acid groups (broad SMARTS) is 1. The molecule has 150 valence electrons. The fraction of sp³-hybridized carbons (Fsp3) is 0.200. The van der Waals surface area contributed by atoms with Gasteiger partial charge < -0.3 is 9.84 Å². The Morgan fingerprint density at radius 2 is 1.43 bits per heavy atom. The second-order valence-corrected chi connectivity index (χ2v) is 7.75. The summed E-state index contributed by atoms with van der Waals surface area (Å²) < 4.78 is 5.73. The van der Waals surface area contributed by atoms with Gasteiger partial charge >= 0.3 is 11.9 Å². The van der Waals surface area contributed by atoms with Crippen molar-refractivity contribution < 1.29 is 19.4 Å². The molecule has 0 saturated heterocycles. The average molecular weight is 399 g/mol. The Morgan fingerprint density at radius 1 is 0.867 bits per heavy atom. The zero-order valence-electron chi connectivity index (χ0n) is 16.2. The van der Waals surface area contributed by atoms with Crippen molar-refractivity contribution in [3.05, 3.63) is 95.1 Å². The highest BCUT2D eigenvalue weighted by molar-refractivity contribution is 5.82. The molecule has 0 radical (unpaired) electrons. The van der Waals surface area contributed by atoms with E-state index in [1.807, 2.05) is 42.5 Å². The molecule has 1 aliphatic carbocycles. The highest BCUT2D eigenvalue weighted by atomic mass is 16.5. The summed E-state index contributed by atoms with van der Waals surface area (Å²) in [6.07, 6.45) is 0.413. The maximum atomic E-state index is 12.9. The van der Waals surface area contributed by atoms with Gasteiger partial charge in [-0.3, -0.25) is 14.9 Å². The quantitative estimate of drug-likeness (QED) is 0.655. The van der Waals surface area contributed by atoms with Gasteiger partial charge in [-0.2, -0.15) is 0 Å². The number of carbonyl (C=O) groups excluding carboxylic acids is 1. The number of fused-ring (bicyclic) bond motifs is 4. The second-order valence-electron chi connectivity index (χ2n) is 7.75. The molecule has 1 aliphatic heterocycles. The molecule has 2 atom stereocenters. The number of carboxylic acids is 1. The van der Waals surface area contributed by atoms with Crippen LogP contribution >= 0.6 is 0 Å². The van der Waals surface area contributed by atoms with Gasteiger partial charge in [-0.15, -0.1) is 0 Å². The van der Waals surface area contributed by atoms with Gasteiger partial charge in [-0.25, -0.2) is 0 Å². The third kappa shape index (κ3) is 3.08. The van der Waals surface area contributed by atoms with Gasteiger partial charge in [0, 0.05) is 5.92 Å². The van der Waals surface area contributed by atoms with Crippen molar-refractivity contribution >= 4 is 11.9 Å². The Hall–Kier alpha value is -3.44. The van der Waals surface area contributed by atoms with Crippen molar-refractivity contribution in [1.82, 2.24) is 5.32 Å². The molecule has 5 nitrogen and oxygen atoms in total. The molecular formula is C25H21NO4. The summed E-state index contributed by atoms with van der Waals surface area (Å²) >= 11 is 0. The SMILES string of the molecule is O=C(OCC1c2ccccc2-c2ccccc21)[C@@H]1Cc2ccccc2[C@@H](C(=O)O)N1. The molecule has 0 unspecified atom stereocenters. The third-order valence-corrected chi connectivity index (χ3v) is 6.04. The molecule has 0 fully saturated rings. The molecule has 0 amide bonds. The average Bonchev–Trinajstić information content (AvgIpc) is 3.10. The van der Waals surface area contributed by atoms with E-state index in [0.717, 1.165) is 16.7 Å². The van der Waals surface area contributed by atoms with Gasteiger partial charge in [0.2, 0.25) is 0 Å². The highest BCUT2D eigenvalue weighted by Gasteiger charge is 2.36. The van der Waals surface area contributed by atoms with Crippen LogP contribution in [0.4, 0.5) is 0 Å². The molecule has 2 N–H and O–H groups in total. The Morgan fingerprint density at radius 3 is 2.07 bits per heavy atom. The van der Waals surface area contributed by atoms with Crippen LogP contribution in [0.5, 0.6) is 0 Å². The van der Waals surface area contributed by atoms with Gasteiger partial charge in [0.15, 0.2) is 0 Å². The third-order valence-electron chi connectivity index (χ3n) is 6.04. The van der Waals surface area contributed by atoms with Crippen molar-refractivity contribution in [3.63, 3.8) is 0 Å². The number of nitrogens with one attached hydrogen (secondary N) is 1. The molecule has 3 aromatic carbocycles. The van der Waals surface area contributed by atoms with Gasteiger partial charge in [0.05, 0.1) is 0 Å². The number of carbonyl (C=O) groups is 2. The number of hydrogen-bond acceptors (Lipinski definition) is 4. The summed E-state index contributed by atoms with van der Waals surface area (Å²) in [7, 11) is 0. The molecule has 1 heterocycles. The van der Waals surface area contributed by atoms with Crippen LogP contribution in [0.1, 0.15) is 34.2 Å². The van der Waals surface area contributed by atoms with Gasteiger partial charge in [0.25, 0.3) is 0 Å². The first-order chi connectivity index (χ1) is 14.6. The smallest absolute Gasteiger partial charge is 0.325 e. The minimum absolute atomic E-state index is 0.0208. The lowest BCUT2D eigenvalue weighted by atomic mass is 9.90. The summed E-state index contributed by atoms with van der Waals surface area (Å²) in [6, 6.07) is 22.1. The zero-order valence-corrected chi connectivity index (χ0v) is 16.2. The number of rotatable bonds is 4. The van der Waals surface area contributed by atoms with Crippen LogP contribution in [0.15, 0.2) is 72.8 Å². The number of hydrogen-bond donors (Lipinski definition) is 2. The number of aliphatic carboxylic acids is 1.